The van der Waals surface area contributed by atoms with Gasteiger partial charge < -0.3 is 16.0 Å². The number of nitrogens with one attached hydrogen (secondary N) is 1. The summed E-state index contributed by atoms with van der Waals surface area (Å²) >= 11 is 0. The van der Waals surface area contributed by atoms with Crippen LogP contribution in [-0.4, -0.2) is 30.8 Å². The summed E-state index contributed by atoms with van der Waals surface area (Å²) in [5.74, 6) is -0.254. The van der Waals surface area contributed by atoms with Crippen molar-refractivity contribution in [1.82, 2.24) is 4.90 Å². The van der Waals surface area contributed by atoms with Crippen LogP contribution in [0.2, 0.25) is 0 Å². The van der Waals surface area contributed by atoms with Crippen LogP contribution in [0.5, 0.6) is 0 Å². The van der Waals surface area contributed by atoms with E-state index in [1.165, 1.54) is 0 Å². The van der Waals surface area contributed by atoms with Crippen LogP contribution < -0.4 is 11.1 Å². The molecule has 24 heavy (non-hydrogen) atoms. The quantitative estimate of drug-likeness (QED) is 0.884. The third kappa shape index (κ3) is 4.20. The molecule has 5 nitrogen and oxygen atoms in total. The Morgan fingerprint density at radius 2 is 1.62 bits per heavy atom. The van der Waals surface area contributed by atoms with E-state index in [2.05, 4.69) is 5.32 Å². The van der Waals surface area contributed by atoms with E-state index in [0.717, 1.165) is 11.1 Å². The first kappa shape index (κ1) is 17.7. The Kier molecular flexibility index (Phi) is 5.36. The molecule has 0 spiro atoms. The lowest BCUT2D eigenvalue weighted by molar-refractivity contribution is -0.128. The van der Waals surface area contributed by atoms with Crippen LogP contribution in [0.15, 0.2) is 54.6 Å². The smallest absolute Gasteiger partial charge is 0.248 e. The summed E-state index contributed by atoms with van der Waals surface area (Å²) in [5.41, 5.74) is 7.36. The molecule has 0 bridgehead atoms. The van der Waals surface area contributed by atoms with Crippen LogP contribution in [0, 0.1) is 0 Å². The number of anilines is 1. The van der Waals surface area contributed by atoms with Crippen molar-refractivity contribution in [2.75, 3.05) is 19.4 Å². The fourth-order valence-corrected chi connectivity index (χ4v) is 2.22. The Hall–Kier alpha value is -2.66. The van der Waals surface area contributed by atoms with Gasteiger partial charge in [-0.05, 0) is 30.2 Å². The van der Waals surface area contributed by atoms with Crippen molar-refractivity contribution >= 4 is 17.5 Å². The molecule has 126 valence electrons. The summed E-state index contributed by atoms with van der Waals surface area (Å²) in [5, 5.41) is 2.82. The highest BCUT2D eigenvalue weighted by atomic mass is 16.2. The van der Waals surface area contributed by atoms with Crippen LogP contribution >= 0.6 is 0 Å². The number of nitrogens with zero attached hydrogens (tertiary/aromatic N) is 1. The molecule has 0 aliphatic rings. The van der Waals surface area contributed by atoms with E-state index in [4.69, 9.17) is 5.73 Å². The molecule has 0 aromatic heterocycles. The molecule has 0 aliphatic heterocycles. The fourth-order valence-electron chi connectivity index (χ4n) is 2.22. The maximum Gasteiger partial charge on any atom is 0.248 e. The molecule has 2 rings (SSSR count). The lowest BCUT2D eigenvalue weighted by atomic mass is 9.92. The zero-order chi connectivity index (χ0) is 17.7. The first-order valence-electron chi connectivity index (χ1n) is 7.75. The molecule has 5 heteroatoms. The van der Waals surface area contributed by atoms with Gasteiger partial charge >= 0.3 is 0 Å². The molecule has 2 aromatic rings. The summed E-state index contributed by atoms with van der Waals surface area (Å²) in [6, 6.07) is 16.4. The first-order valence-corrected chi connectivity index (χ1v) is 7.75. The summed E-state index contributed by atoms with van der Waals surface area (Å²) in [6.45, 7) is 1.68. The summed E-state index contributed by atoms with van der Waals surface area (Å²) in [6.07, 6.45) is 0.333. The second-order valence-corrected chi connectivity index (χ2v) is 6.18. The molecule has 2 amide bonds. The van der Waals surface area contributed by atoms with Crippen LogP contribution in [0.4, 0.5) is 5.69 Å². The minimum Gasteiger partial charge on any atom is -0.349 e. The standard InChI is InChI=1S/C19H23N3O2/c1-19(20,15-7-5-4-6-8-15)18(24)21-16-11-9-14(10-12-16)13-17(23)22(2)3/h4-12H,13,20H2,1-3H3,(H,21,24). The van der Waals surface area contributed by atoms with E-state index in [-0.39, 0.29) is 11.8 Å². The van der Waals surface area contributed by atoms with Crippen molar-refractivity contribution in [3.8, 4) is 0 Å². The fraction of sp³-hybridized carbons (Fsp3) is 0.263. The minimum absolute atomic E-state index is 0.0328. The Morgan fingerprint density at radius 1 is 1.04 bits per heavy atom. The van der Waals surface area contributed by atoms with Crippen molar-refractivity contribution in [3.63, 3.8) is 0 Å². The molecule has 0 heterocycles. The monoisotopic (exact) mass is 325 g/mol. The van der Waals surface area contributed by atoms with Gasteiger partial charge in [0, 0.05) is 19.8 Å². The molecule has 2 aromatic carbocycles. The number of hydrogen-bond donors (Lipinski definition) is 2. The molecule has 0 fully saturated rings. The van der Waals surface area contributed by atoms with Crippen LogP contribution in [0.1, 0.15) is 18.1 Å². The largest absolute Gasteiger partial charge is 0.349 e. The Bertz CT molecular complexity index is 707. The average molecular weight is 325 g/mol. The number of likely N-dealkylation sites (N-methyl/N-ethyl adjacent to an activating group) is 1. The number of hydrogen-bond acceptors (Lipinski definition) is 3. The van der Waals surface area contributed by atoms with Crippen molar-refractivity contribution in [2.45, 2.75) is 18.9 Å². The van der Waals surface area contributed by atoms with E-state index in [1.54, 1.807) is 38.1 Å². The third-order valence-corrected chi connectivity index (χ3v) is 3.91. The molecule has 3 N–H and O–H groups in total. The Morgan fingerprint density at radius 3 is 2.17 bits per heavy atom. The Labute approximate surface area is 142 Å². The number of carbonyl (C=O) groups is 2. The molecular weight excluding hydrogens is 302 g/mol. The van der Waals surface area contributed by atoms with Crippen molar-refractivity contribution in [1.29, 1.82) is 0 Å². The lowest BCUT2D eigenvalue weighted by Crippen LogP contribution is -2.45. The molecule has 1 atom stereocenters. The van der Waals surface area contributed by atoms with Gasteiger partial charge in [-0.1, -0.05) is 42.5 Å². The SMILES string of the molecule is CN(C)C(=O)Cc1ccc(NC(=O)C(C)(N)c2ccccc2)cc1. The maximum absolute atomic E-state index is 12.5. The van der Waals surface area contributed by atoms with Crippen molar-refractivity contribution in [2.24, 2.45) is 5.73 Å². The summed E-state index contributed by atoms with van der Waals surface area (Å²) < 4.78 is 0. The molecule has 0 aliphatic carbocycles. The van der Waals surface area contributed by atoms with E-state index < -0.39 is 5.54 Å². The first-order chi connectivity index (χ1) is 11.3. The molecule has 1 unspecified atom stereocenters. The number of nitrogens with two attached hydrogens (primary N) is 1. The van der Waals surface area contributed by atoms with Gasteiger partial charge in [0.25, 0.3) is 0 Å². The highest BCUT2D eigenvalue weighted by Crippen LogP contribution is 2.20. The van der Waals surface area contributed by atoms with Gasteiger partial charge in [-0.2, -0.15) is 0 Å². The maximum atomic E-state index is 12.5. The lowest BCUT2D eigenvalue weighted by Gasteiger charge is -2.24. The van der Waals surface area contributed by atoms with E-state index in [1.807, 2.05) is 42.5 Å². The second kappa shape index (κ2) is 7.27. The normalized spacial score (nSPS) is 13.0. The molecule has 0 saturated heterocycles. The van der Waals surface area contributed by atoms with E-state index >= 15 is 0 Å². The third-order valence-electron chi connectivity index (χ3n) is 3.91. The van der Waals surface area contributed by atoms with Gasteiger partial charge in [0.2, 0.25) is 11.8 Å². The number of carbonyl (C=O) groups excluding carboxylic acids is 2. The molecular formula is C19H23N3O2. The second-order valence-electron chi connectivity index (χ2n) is 6.18. The van der Waals surface area contributed by atoms with Gasteiger partial charge in [-0.15, -0.1) is 0 Å². The molecule has 0 radical (unpaired) electrons. The van der Waals surface area contributed by atoms with Crippen molar-refractivity contribution < 1.29 is 9.59 Å². The minimum atomic E-state index is -1.12. The topological polar surface area (TPSA) is 75.4 Å². The van der Waals surface area contributed by atoms with Crippen LogP contribution in [0.3, 0.4) is 0 Å². The highest BCUT2D eigenvalue weighted by molar-refractivity contribution is 5.98. The van der Waals surface area contributed by atoms with Crippen LogP contribution in [0.25, 0.3) is 0 Å². The Balaban J connectivity index is 2.05. The zero-order valence-electron chi connectivity index (χ0n) is 14.2. The van der Waals surface area contributed by atoms with E-state index in [0.29, 0.717) is 12.1 Å². The van der Waals surface area contributed by atoms with Crippen molar-refractivity contribution in [3.05, 3.63) is 65.7 Å². The van der Waals surface area contributed by atoms with Gasteiger partial charge in [0.15, 0.2) is 0 Å². The number of amides is 2. The number of rotatable bonds is 5. The van der Waals surface area contributed by atoms with Gasteiger partial charge in [-0.25, -0.2) is 0 Å². The number of benzene rings is 2. The average Bonchev–Trinajstić information content (AvgIpc) is 2.57. The highest BCUT2D eigenvalue weighted by Gasteiger charge is 2.30. The molecule has 0 saturated carbocycles. The summed E-state index contributed by atoms with van der Waals surface area (Å²) in [7, 11) is 3.45. The van der Waals surface area contributed by atoms with E-state index in [9.17, 15) is 9.59 Å². The van der Waals surface area contributed by atoms with Gasteiger partial charge in [0.05, 0.1) is 6.42 Å². The van der Waals surface area contributed by atoms with Crippen LogP contribution in [-0.2, 0) is 21.5 Å². The predicted octanol–water partition coefficient (Wildman–Crippen LogP) is 2.13. The van der Waals surface area contributed by atoms with Gasteiger partial charge in [0.1, 0.15) is 5.54 Å². The summed E-state index contributed by atoms with van der Waals surface area (Å²) in [4.78, 5) is 25.7. The van der Waals surface area contributed by atoms with Gasteiger partial charge in [-0.3, -0.25) is 9.59 Å². The predicted molar refractivity (Wildman–Crippen MR) is 95.5 cm³/mol. The zero-order valence-corrected chi connectivity index (χ0v) is 14.2.